The topological polar surface area (TPSA) is 77.8 Å². The molecule has 0 bridgehead atoms. The molecule has 0 aromatic heterocycles. The van der Waals surface area contributed by atoms with Crippen LogP contribution in [0.2, 0.25) is 0 Å². The van der Waals surface area contributed by atoms with Crippen LogP contribution >= 0.6 is 0 Å². The number of rotatable bonds is 4. The van der Waals surface area contributed by atoms with Crippen LogP contribution in [-0.2, 0) is 9.59 Å². The fourth-order valence-corrected chi connectivity index (χ4v) is 2.18. The third-order valence-electron chi connectivity index (χ3n) is 3.04. The van der Waals surface area contributed by atoms with Gasteiger partial charge in [0.2, 0.25) is 5.91 Å². The van der Waals surface area contributed by atoms with Gasteiger partial charge in [-0.2, -0.15) is 0 Å². The Balaban J connectivity index is 2.43. The molecule has 1 atom stereocenters. The number of hydrogen-bond acceptors (Lipinski definition) is 3. The van der Waals surface area contributed by atoms with Crippen LogP contribution in [0.3, 0.4) is 0 Å². The number of amides is 1. The molecule has 0 spiro atoms. The van der Waals surface area contributed by atoms with Crippen LogP contribution in [0.5, 0.6) is 5.75 Å². The highest BCUT2D eigenvalue weighted by Gasteiger charge is 2.40. The van der Waals surface area contributed by atoms with Crippen LogP contribution in [0.1, 0.15) is 31.4 Å². The summed E-state index contributed by atoms with van der Waals surface area (Å²) < 4.78 is 13.3. The number of halogens is 1. The zero-order chi connectivity index (χ0) is 14.2. The van der Waals surface area contributed by atoms with E-state index in [1.54, 1.807) is 0 Å². The molecule has 1 aliphatic rings. The van der Waals surface area contributed by atoms with Crippen LogP contribution < -0.4 is 0 Å². The average molecular weight is 267 g/mol. The average Bonchev–Trinajstić information content (AvgIpc) is 3.06. The summed E-state index contributed by atoms with van der Waals surface area (Å²) >= 11 is 0. The minimum atomic E-state index is -1.27. The Labute approximate surface area is 109 Å². The van der Waals surface area contributed by atoms with Crippen molar-refractivity contribution in [1.29, 1.82) is 0 Å². The van der Waals surface area contributed by atoms with Crippen molar-refractivity contribution in [3.63, 3.8) is 0 Å². The summed E-state index contributed by atoms with van der Waals surface area (Å²) in [4.78, 5) is 24.3. The lowest BCUT2D eigenvalue weighted by Gasteiger charge is -2.28. The van der Waals surface area contributed by atoms with E-state index in [1.807, 2.05) is 0 Å². The van der Waals surface area contributed by atoms with Crippen LogP contribution in [0, 0.1) is 5.82 Å². The SMILES string of the molecule is CC(=O)N(C1CC1)C(C(=O)O)c1cc(O)cc(F)c1. The van der Waals surface area contributed by atoms with Gasteiger partial charge < -0.3 is 15.1 Å². The van der Waals surface area contributed by atoms with Gasteiger partial charge in [-0.3, -0.25) is 4.79 Å². The van der Waals surface area contributed by atoms with Crippen molar-refractivity contribution in [3.8, 4) is 5.75 Å². The Morgan fingerprint density at radius 3 is 2.42 bits per heavy atom. The number of aromatic hydroxyl groups is 1. The first kappa shape index (κ1) is 13.3. The summed E-state index contributed by atoms with van der Waals surface area (Å²) in [6.07, 6.45) is 1.48. The zero-order valence-electron chi connectivity index (χ0n) is 10.3. The summed E-state index contributed by atoms with van der Waals surface area (Å²) in [5, 5.41) is 18.7. The fraction of sp³-hybridized carbons (Fsp3) is 0.385. The molecule has 19 heavy (non-hydrogen) atoms. The molecule has 1 unspecified atom stereocenters. The maximum Gasteiger partial charge on any atom is 0.331 e. The molecule has 0 saturated heterocycles. The first-order valence-electron chi connectivity index (χ1n) is 5.91. The van der Waals surface area contributed by atoms with Gasteiger partial charge >= 0.3 is 5.97 Å². The Morgan fingerprint density at radius 1 is 1.37 bits per heavy atom. The summed E-state index contributed by atoms with van der Waals surface area (Å²) in [7, 11) is 0. The number of carbonyl (C=O) groups excluding carboxylic acids is 1. The Kier molecular flexibility index (Phi) is 3.42. The second-order valence-electron chi connectivity index (χ2n) is 4.64. The van der Waals surface area contributed by atoms with Gasteiger partial charge in [0.1, 0.15) is 11.6 Å². The third-order valence-corrected chi connectivity index (χ3v) is 3.04. The van der Waals surface area contributed by atoms with Gasteiger partial charge in [-0.25, -0.2) is 9.18 Å². The molecule has 1 amide bonds. The second kappa shape index (κ2) is 4.87. The molecule has 102 valence electrons. The van der Waals surface area contributed by atoms with Crippen molar-refractivity contribution >= 4 is 11.9 Å². The first-order chi connectivity index (χ1) is 8.90. The molecule has 0 radical (unpaired) electrons. The molecule has 1 saturated carbocycles. The van der Waals surface area contributed by atoms with E-state index in [-0.39, 0.29) is 23.3 Å². The standard InChI is InChI=1S/C13H14FNO4/c1-7(16)15(10-2-3-10)12(13(18)19)8-4-9(14)6-11(17)5-8/h4-6,10,12,17H,2-3H2,1H3,(H,18,19). The van der Waals surface area contributed by atoms with Crippen molar-refractivity contribution < 1.29 is 24.2 Å². The van der Waals surface area contributed by atoms with E-state index in [0.717, 1.165) is 25.0 Å². The molecule has 1 aromatic rings. The van der Waals surface area contributed by atoms with Gasteiger partial charge in [0, 0.05) is 19.0 Å². The maximum absolute atomic E-state index is 13.3. The molecule has 2 N–H and O–H groups in total. The van der Waals surface area contributed by atoms with Gasteiger partial charge in [0.25, 0.3) is 0 Å². The monoisotopic (exact) mass is 267 g/mol. The van der Waals surface area contributed by atoms with Crippen molar-refractivity contribution in [2.75, 3.05) is 0 Å². The third kappa shape index (κ3) is 2.83. The number of aliphatic carboxylic acids is 1. The number of carboxylic acid groups (broad SMARTS) is 1. The van der Waals surface area contributed by atoms with Gasteiger partial charge in [0.15, 0.2) is 6.04 Å². The molecule has 5 nitrogen and oxygen atoms in total. The predicted octanol–water partition coefficient (Wildman–Crippen LogP) is 1.67. The van der Waals surface area contributed by atoms with Crippen molar-refractivity contribution in [3.05, 3.63) is 29.6 Å². The minimum absolute atomic E-state index is 0.0621. The molecule has 6 heteroatoms. The summed E-state index contributed by atoms with van der Waals surface area (Å²) in [6, 6.07) is 1.69. The number of carboxylic acids is 1. The highest BCUT2D eigenvalue weighted by Crippen LogP contribution is 2.35. The lowest BCUT2D eigenvalue weighted by Crippen LogP contribution is -2.39. The van der Waals surface area contributed by atoms with Gasteiger partial charge in [-0.05, 0) is 30.5 Å². The zero-order valence-corrected chi connectivity index (χ0v) is 10.3. The van der Waals surface area contributed by atoms with Crippen LogP contribution in [0.25, 0.3) is 0 Å². The van der Waals surface area contributed by atoms with E-state index in [2.05, 4.69) is 0 Å². The van der Waals surface area contributed by atoms with Gasteiger partial charge in [0.05, 0.1) is 0 Å². The Hall–Kier alpha value is -2.11. The molecule has 1 aliphatic carbocycles. The van der Waals surface area contributed by atoms with Crippen LogP contribution in [-0.4, -0.2) is 33.0 Å². The van der Waals surface area contributed by atoms with E-state index in [4.69, 9.17) is 0 Å². The highest BCUT2D eigenvalue weighted by molar-refractivity contribution is 5.84. The molecule has 2 rings (SSSR count). The summed E-state index contributed by atoms with van der Waals surface area (Å²) in [5.74, 6) is -2.72. The van der Waals surface area contributed by atoms with E-state index in [9.17, 15) is 24.2 Å². The molecule has 0 heterocycles. The predicted molar refractivity (Wildman–Crippen MR) is 64.0 cm³/mol. The molecule has 1 fully saturated rings. The number of phenolic OH excluding ortho intramolecular Hbond substituents is 1. The molecular formula is C13H14FNO4. The quantitative estimate of drug-likeness (QED) is 0.869. The maximum atomic E-state index is 13.3. The largest absolute Gasteiger partial charge is 0.508 e. The lowest BCUT2D eigenvalue weighted by molar-refractivity contribution is -0.150. The van der Waals surface area contributed by atoms with E-state index >= 15 is 0 Å². The lowest BCUT2D eigenvalue weighted by atomic mass is 10.0. The van der Waals surface area contributed by atoms with Crippen LogP contribution in [0.15, 0.2) is 18.2 Å². The fourth-order valence-electron chi connectivity index (χ4n) is 2.18. The molecule has 0 aliphatic heterocycles. The number of nitrogens with zero attached hydrogens (tertiary/aromatic N) is 1. The van der Waals surface area contributed by atoms with Crippen molar-refractivity contribution in [1.82, 2.24) is 4.90 Å². The van der Waals surface area contributed by atoms with E-state index in [1.165, 1.54) is 17.9 Å². The highest BCUT2D eigenvalue weighted by atomic mass is 19.1. The second-order valence-corrected chi connectivity index (χ2v) is 4.64. The Morgan fingerprint density at radius 2 is 2.00 bits per heavy atom. The minimum Gasteiger partial charge on any atom is -0.508 e. The van der Waals surface area contributed by atoms with E-state index < -0.39 is 17.8 Å². The number of benzene rings is 1. The van der Waals surface area contributed by atoms with Gasteiger partial charge in [-0.1, -0.05) is 0 Å². The Bertz CT molecular complexity index is 507. The first-order valence-corrected chi connectivity index (χ1v) is 5.91. The number of carbonyl (C=O) groups is 2. The number of phenols is 1. The summed E-state index contributed by atoms with van der Waals surface area (Å²) in [6.45, 7) is 1.29. The van der Waals surface area contributed by atoms with Crippen molar-refractivity contribution in [2.45, 2.75) is 31.8 Å². The van der Waals surface area contributed by atoms with Crippen molar-refractivity contribution in [2.24, 2.45) is 0 Å². The van der Waals surface area contributed by atoms with Crippen LogP contribution in [0.4, 0.5) is 4.39 Å². The normalized spacial score (nSPS) is 15.9. The molecular weight excluding hydrogens is 253 g/mol. The van der Waals surface area contributed by atoms with E-state index in [0.29, 0.717) is 0 Å². The van der Waals surface area contributed by atoms with Gasteiger partial charge in [-0.15, -0.1) is 0 Å². The summed E-state index contributed by atoms with van der Waals surface area (Å²) in [5.41, 5.74) is 0.0621. The molecule has 1 aromatic carbocycles. The number of hydrogen-bond donors (Lipinski definition) is 2. The smallest absolute Gasteiger partial charge is 0.331 e.